The average molecular weight is 329 g/mol. The van der Waals surface area contributed by atoms with Crippen LogP contribution < -0.4 is 0 Å². The van der Waals surface area contributed by atoms with Crippen molar-refractivity contribution < 1.29 is 25.0 Å². The molecule has 0 radical (unpaired) electrons. The van der Waals surface area contributed by atoms with Crippen LogP contribution >= 0.6 is 0 Å². The van der Waals surface area contributed by atoms with E-state index in [2.05, 4.69) is 17.0 Å². The van der Waals surface area contributed by atoms with E-state index in [4.69, 9.17) is 9.94 Å². The van der Waals surface area contributed by atoms with Crippen LogP contribution in [0.1, 0.15) is 24.5 Å². The molecular formula is C18H19NO5. The molecule has 3 rings (SSSR count). The van der Waals surface area contributed by atoms with Crippen LogP contribution in [0.25, 0.3) is 0 Å². The minimum absolute atomic E-state index is 0.0852. The number of aliphatic carboxylic acids is 1. The molecule has 5 unspecified atom stereocenters. The Hall–Kier alpha value is -2.36. The van der Waals surface area contributed by atoms with Gasteiger partial charge in [-0.15, -0.1) is 0 Å². The molecule has 0 spiro atoms. The van der Waals surface area contributed by atoms with Gasteiger partial charge < -0.3 is 20.2 Å². The minimum atomic E-state index is -1.07. The van der Waals surface area contributed by atoms with Gasteiger partial charge in [-0.2, -0.15) is 0 Å². The van der Waals surface area contributed by atoms with Gasteiger partial charge >= 0.3 is 5.97 Å². The van der Waals surface area contributed by atoms with Gasteiger partial charge in [-0.05, 0) is 24.3 Å². The van der Waals surface area contributed by atoms with E-state index in [-0.39, 0.29) is 17.8 Å². The van der Waals surface area contributed by atoms with E-state index in [1.54, 1.807) is 12.1 Å². The van der Waals surface area contributed by atoms with Gasteiger partial charge in [-0.25, -0.2) is 4.79 Å². The van der Waals surface area contributed by atoms with Crippen molar-refractivity contribution in [1.29, 1.82) is 0 Å². The number of oxime groups is 1. The summed E-state index contributed by atoms with van der Waals surface area (Å²) in [6.45, 7) is -0.462. The molecule has 0 saturated heterocycles. The monoisotopic (exact) mass is 329 g/mol. The highest BCUT2D eigenvalue weighted by molar-refractivity contribution is 5.93. The summed E-state index contributed by atoms with van der Waals surface area (Å²) in [5.41, 5.74) is 1.51. The molecule has 1 aromatic carbocycles. The van der Waals surface area contributed by atoms with Crippen LogP contribution in [0.2, 0.25) is 0 Å². The summed E-state index contributed by atoms with van der Waals surface area (Å²) >= 11 is 0. The number of carboxylic acid groups (broad SMARTS) is 1. The summed E-state index contributed by atoms with van der Waals surface area (Å²) in [5.74, 6) is 4.84. The number of aliphatic hydroxyl groups excluding tert-OH is 2. The molecule has 0 amide bonds. The zero-order chi connectivity index (χ0) is 17.1. The van der Waals surface area contributed by atoms with Crippen LogP contribution in [-0.4, -0.2) is 39.7 Å². The largest absolute Gasteiger partial charge is 0.479 e. The third-order valence-corrected chi connectivity index (χ3v) is 4.63. The smallest absolute Gasteiger partial charge is 0.344 e. The molecule has 0 heterocycles. The van der Waals surface area contributed by atoms with Crippen molar-refractivity contribution in [2.75, 3.05) is 6.61 Å². The Balaban J connectivity index is 1.61. The zero-order valence-corrected chi connectivity index (χ0v) is 13.0. The molecule has 0 bridgehead atoms. The molecule has 0 aliphatic heterocycles. The zero-order valence-electron chi connectivity index (χ0n) is 13.0. The summed E-state index contributed by atoms with van der Waals surface area (Å²) < 4.78 is 0. The number of hydrogen-bond donors (Lipinski definition) is 3. The lowest BCUT2D eigenvalue weighted by Crippen LogP contribution is -2.36. The first kappa shape index (κ1) is 16.5. The fraction of sp³-hybridized carbons (Fsp3) is 0.444. The Morgan fingerprint density at radius 2 is 2.12 bits per heavy atom. The second-order valence-electron chi connectivity index (χ2n) is 6.16. The molecule has 24 heavy (non-hydrogen) atoms. The van der Waals surface area contributed by atoms with Crippen molar-refractivity contribution in [3.8, 4) is 11.8 Å². The first-order valence-electron chi connectivity index (χ1n) is 7.89. The Morgan fingerprint density at radius 3 is 2.83 bits per heavy atom. The summed E-state index contributed by atoms with van der Waals surface area (Å²) in [6.07, 6.45) is -0.254. The topological polar surface area (TPSA) is 99.4 Å². The van der Waals surface area contributed by atoms with Gasteiger partial charge in [0.25, 0.3) is 0 Å². The lowest BCUT2D eigenvalue weighted by molar-refractivity contribution is -0.142. The number of carbonyl (C=O) groups is 1. The Labute approximate surface area is 139 Å². The molecule has 1 aromatic rings. The number of carboxylic acids is 1. The highest BCUT2D eigenvalue weighted by Crippen LogP contribution is 2.48. The molecule has 6 heteroatoms. The van der Waals surface area contributed by atoms with Gasteiger partial charge in [0.15, 0.2) is 0 Å². The Kier molecular flexibility index (Phi) is 4.84. The van der Waals surface area contributed by atoms with Crippen LogP contribution in [0.4, 0.5) is 0 Å². The highest BCUT2D eigenvalue weighted by Gasteiger charge is 2.51. The second-order valence-corrected chi connectivity index (χ2v) is 6.16. The fourth-order valence-corrected chi connectivity index (χ4v) is 3.37. The summed E-state index contributed by atoms with van der Waals surface area (Å²) in [5, 5.41) is 32.7. The maximum atomic E-state index is 10.4. The predicted octanol–water partition coefficient (Wildman–Crippen LogP) is 1.20. The molecule has 2 aliphatic carbocycles. The quantitative estimate of drug-likeness (QED) is 0.569. The van der Waals surface area contributed by atoms with Gasteiger partial charge in [-0.1, -0.05) is 47.3 Å². The van der Waals surface area contributed by atoms with Crippen molar-refractivity contribution in [3.05, 3.63) is 35.9 Å². The standard InChI is InChI=1S/C18H19NO5/c20-16(11-4-2-1-3-5-11)7-6-12-13-8-15(14(13)9-17(12)21)19-24-10-18(22)23/h1-5,12-14,16-17,20-21H,8-10H2,(H,22,23). The van der Waals surface area contributed by atoms with E-state index in [0.717, 1.165) is 11.3 Å². The first-order valence-corrected chi connectivity index (χ1v) is 7.89. The van der Waals surface area contributed by atoms with Gasteiger partial charge in [0, 0.05) is 5.92 Å². The molecule has 6 nitrogen and oxygen atoms in total. The van der Waals surface area contributed by atoms with E-state index in [1.165, 1.54) is 0 Å². The van der Waals surface area contributed by atoms with E-state index in [0.29, 0.717) is 12.8 Å². The average Bonchev–Trinajstić information content (AvgIpc) is 2.81. The maximum Gasteiger partial charge on any atom is 0.344 e. The van der Waals surface area contributed by atoms with Crippen LogP contribution in [0.15, 0.2) is 35.5 Å². The lowest BCUT2D eigenvalue weighted by Gasteiger charge is -2.33. The third-order valence-electron chi connectivity index (χ3n) is 4.63. The van der Waals surface area contributed by atoms with Crippen molar-refractivity contribution >= 4 is 11.7 Å². The second kappa shape index (κ2) is 7.04. The van der Waals surface area contributed by atoms with Crippen molar-refractivity contribution in [2.24, 2.45) is 22.9 Å². The minimum Gasteiger partial charge on any atom is -0.479 e. The highest BCUT2D eigenvalue weighted by atomic mass is 16.6. The number of rotatable bonds is 4. The number of fused-ring (bicyclic) bond motifs is 1. The fourth-order valence-electron chi connectivity index (χ4n) is 3.37. The van der Waals surface area contributed by atoms with Gasteiger partial charge in [0.1, 0.15) is 6.10 Å². The Bertz CT molecular complexity index is 690. The summed E-state index contributed by atoms with van der Waals surface area (Å²) in [7, 11) is 0. The van der Waals surface area contributed by atoms with E-state index >= 15 is 0 Å². The molecular weight excluding hydrogens is 310 g/mol. The molecule has 2 saturated carbocycles. The lowest BCUT2D eigenvalue weighted by atomic mass is 9.71. The van der Waals surface area contributed by atoms with Gasteiger partial charge in [0.2, 0.25) is 6.61 Å². The van der Waals surface area contributed by atoms with E-state index in [9.17, 15) is 15.0 Å². The van der Waals surface area contributed by atoms with E-state index < -0.39 is 24.8 Å². The van der Waals surface area contributed by atoms with Crippen LogP contribution in [0, 0.1) is 29.6 Å². The first-order chi connectivity index (χ1) is 11.6. The summed E-state index contributed by atoms with van der Waals surface area (Å²) in [4.78, 5) is 15.2. The number of benzene rings is 1. The molecule has 5 atom stereocenters. The van der Waals surface area contributed by atoms with Crippen molar-refractivity contribution in [2.45, 2.75) is 25.0 Å². The number of nitrogens with zero attached hydrogens (tertiary/aromatic N) is 1. The van der Waals surface area contributed by atoms with Crippen LogP contribution in [0.5, 0.6) is 0 Å². The van der Waals surface area contributed by atoms with Crippen LogP contribution in [0.3, 0.4) is 0 Å². The van der Waals surface area contributed by atoms with Gasteiger partial charge in [-0.3, -0.25) is 0 Å². The van der Waals surface area contributed by atoms with Crippen LogP contribution in [-0.2, 0) is 9.63 Å². The molecule has 0 aromatic heterocycles. The van der Waals surface area contributed by atoms with Crippen molar-refractivity contribution in [1.82, 2.24) is 0 Å². The van der Waals surface area contributed by atoms with Gasteiger partial charge in [0.05, 0.1) is 17.7 Å². The third kappa shape index (κ3) is 3.42. The molecule has 3 N–H and O–H groups in total. The molecule has 2 fully saturated rings. The maximum absolute atomic E-state index is 10.4. The summed E-state index contributed by atoms with van der Waals surface area (Å²) in [6, 6.07) is 9.16. The van der Waals surface area contributed by atoms with E-state index in [1.807, 2.05) is 18.2 Å². The predicted molar refractivity (Wildman–Crippen MR) is 85.9 cm³/mol. The SMILES string of the molecule is O=C(O)CON=C1CC2C1CC(O)C2C#CC(O)c1ccccc1. The normalized spacial score (nSPS) is 30.7. The molecule has 2 aliphatic rings. The van der Waals surface area contributed by atoms with Crippen molar-refractivity contribution in [3.63, 3.8) is 0 Å². The number of hydrogen-bond acceptors (Lipinski definition) is 5. The molecule has 126 valence electrons. The number of aliphatic hydroxyl groups is 2. The Morgan fingerprint density at radius 1 is 1.38 bits per heavy atom.